The zero-order chi connectivity index (χ0) is 15.9. The molecule has 0 radical (unpaired) electrons. The molecule has 0 bridgehead atoms. The van der Waals surface area contributed by atoms with Crippen LogP contribution in [0, 0.1) is 5.92 Å². The maximum atomic E-state index is 11.5. The van der Waals surface area contributed by atoms with Crippen molar-refractivity contribution in [3.63, 3.8) is 0 Å². The first-order valence-corrected chi connectivity index (χ1v) is 8.41. The van der Waals surface area contributed by atoms with Crippen molar-refractivity contribution in [3.8, 4) is 0 Å². The Hall–Kier alpha value is -1.06. The molecule has 0 aliphatic rings. The largest absolute Gasteiger partial charge is 0.465 e. The van der Waals surface area contributed by atoms with E-state index in [1.807, 2.05) is 6.92 Å². The molecule has 4 nitrogen and oxygen atoms in total. The lowest BCUT2D eigenvalue weighted by molar-refractivity contribution is -0.148. The molecule has 0 rings (SSSR count). The van der Waals surface area contributed by atoms with Crippen LogP contribution in [-0.2, 0) is 19.1 Å². The molecule has 0 N–H and O–H groups in total. The third kappa shape index (κ3) is 13.7. The molecule has 0 spiro atoms. The average molecular weight is 300 g/mol. The van der Waals surface area contributed by atoms with Gasteiger partial charge in [-0.25, -0.2) is 0 Å². The van der Waals surface area contributed by atoms with Crippen molar-refractivity contribution in [1.29, 1.82) is 0 Å². The van der Waals surface area contributed by atoms with Gasteiger partial charge in [0.1, 0.15) is 0 Å². The van der Waals surface area contributed by atoms with Gasteiger partial charge in [-0.15, -0.1) is 0 Å². The molecule has 21 heavy (non-hydrogen) atoms. The van der Waals surface area contributed by atoms with Crippen LogP contribution in [0.1, 0.15) is 78.6 Å². The second-order valence-electron chi connectivity index (χ2n) is 5.74. The molecule has 0 heterocycles. The molecule has 0 saturated heterocycles. The van der Waals surface area contributed by atoms with Gasteiger partial charge in [0.05, 0.1) is 13.2 Å². The summed E-state index contributed by atoms with van der Waals surface area (Å²) in [5, 5.41) is 0. The molecule has 0 aromatic carbocycles. The van der Waals surface area contributed by atoms with Crippen molar-refractivity contribution in [1.82, 2.24) is 0 Å². The van der Waals surface area contributed by atoms with E-state index < -0.39 is 0 Å². The molecule has 1 atom stereocenters. The molecule has 0 aliphatic heterocycles. The topological polar surface area (TPSA) is 52.6 Å². The Kier molecular flexibility index (Phi) is 13.2. The third-order valence-corrected chi connectivity index (χ3v) is 3.28. The van der Waals surface area contributed by atoms with Crippen LogP contribution in [0.4, 0.5) is 0 Å². The molecule has 124 valence electrons. The molecule has 0 saturated carbocycles. The second-order valence-corrected chi connectivity index (χ2v) is 5.74. The summed E-state index contributed by atoms with van der Waals surface area (Å²) in [6, 6.07) is 0. The van der Waals surface area contributed by atoms with Crippen molar-refractivity contribution in [2.24, 2.45) is 5.92 Å². The number of hydrogen-bond donors (Lipinski definition) is 0. The van der Waals surface area contributed by atoms with E-state index in [2.05, 4.69) is 13.8 Å². The molecule has 4 heteroatoms. The summed E-state index contributed by atoms with van der Waals surface area (Å²) in [6.07, 6.45) is 8.31. The van der Waals surface area contributed by atoms with E-state index in [-0.39, 0.29) is 17.9 Å². The Morgan fingerprint density at radius 1 is 0.762 bits per heavy atom. The number of ether oxygens (including phenoxy) is 2. The van der Waals surface area contributed by atoms with Gasteiger partial charge in [0.2, 0.25) is 0 Å². The van der Waals surface area contributed by atoms with E-state index in [9.17, 15) is 9.59 Å². The summed E-state index contributed by atoms with van der Waals surface area (Å²) in [5.74, 6) is -0.242. The summed E-state index contributed by atoms with van der Waals surface area (Å²) in [4.78, 5) is 22.9. The monoisotopic (exact) mass is 300 g/mol. The first-order valence-electron chi connectivity index (χ1n) is 8.41. The van der Waals surface area contributed by atoms with E-state index in [4.69, 9.17) is 9.47 Å². The molecule has 1 unspecified atom stereocenters. The van der Waals surface area contributed by atoms with Crippen LogP contribution in [0.15, 0.2) is 0 Å². The number of carbonyl (C=O) groups excluding carboxylic acids is 2. The Balaban J connectivity index is 3.54. The molecule has 0 aromatic heterocycles. The van der Waals surface area contributed by atoms with Gasteiger partial charge in [-0.1, -0.05) is 52.9 Å². The van der Waals surface area contributed by atoms with Gasteiger partial charge in [-0.05, 0) is 12.8 Å². The van der Waals surface area contributed by atoms with Crippen LogP contribution in [0.5, 0.6) is 0 Å². The van der Waals surface area contributed by atoms with Crippen molar-refractivity contribution in [2.75, 3.05) is 13.2 Å². The second kappa shape index (κ2) is 13.9. The van der Waals surface area contributed by atoms with Crippen molar-refractivity contribution < 1.29 is 19.1 Å². The van der Waals surface area contributed by atoms with Crippen LogP contribution < -0.4 is 0 Å². The Morgan fingerprint density at radius 2 is 1.19 bits per heavy atom. The minimum absolute atomic E-state index is 0.0553. The quantitative estimate of drug-likeness (QED) is 0.377. The molecule has 0 aromatic rings. The van der Waals surface area contributed by atoms with E-state index >= 15 is 0 Å². The van der Waals surface area contributed by atoms with Gasteiger partial charge >= 0.3 is 11.9 Å². The lowest BCUT2D eigenvalue weighted by Gasteiger charge is -2.12. The fraction of sp³-hybridized carbons (Fsp3) is 0.882. The molecule has 0 amide bonds. The zero-order valence-electron chi connectivity index (χ0n) is 14.0. The summed E-state index contributed by atoms with van der Waals surface area (Å²) in [5.41, 5.74) is 0. The van der Waals surface area contributed by atoms with E-state index in [1.54, 1.807) is 0 Å². The van der Waals surface area contributed by atoms with E-state index in [0.717, 1.165) is 44.9 Å². The van der Waals surface area contributed by atoms with Gasteiger partial charge in [0.15, 0.2) is 0 Å². The maximum absolute atomic E-state index is 11.5. The smallest absolute Gasteiger partial charge is 0.305 e. The summed E-state index contributed by atoms with van der Waals surface area (Å²) in [7, 11) is 0. The fourth-order valence-corrected chi connectivity index (χ4v) is 1.88. The van der Waals surface area contributed by atoms with Gasteiger partial charge in [-0.2, -0.15) is 0 Å². The Labute approximate surface area is 129 Å². The highest BCUT2D eigenvalue weighted by atomic mass is 16.5. The van der Waals surface area contributed by atoms with Crippen LogP contribution in [-0.4, -0.2) is 25.2 Å². The molecule has 0 fully saturated rings. The van der Waals surface area contributed by atoms with Gasteiger partial charge in [0, 0.05) is 18.8 Å². The van der Waals surface area contributed by atoms with Crippen LogP contribution in [0.25, 0.3) is 0 Å². The SMILES string of the molecule is CCCCCCC(=O)OCC(C)COC(=O)CCCCC. The lowest BCUT2D eigenvalue weighted by Crippen LogP contribution is -2.18. The third-order valence-electron chi connectivity index (χ3n) is 3.28. The highest BCUT2D eigenvalue weighted by Gasteiger charge is 2.10. The Bertz CT molecular complexity index is 276. The number of rotatable bonds is 13. The highest BCUT2D eigenvalue weighted by Crippen LogP contribution is 2.06. The number of carbonyl (C=O) groups is 2. The summed E-state index contributed by atoms with van der Waals surface area (Å²) < 4.78 is 10.4. The highest BCUT2D eigenvalue weighted by molar-refractivity contribution is 5.69. The van der Waals surface area contributed by atoms with E-state index in [1.165, 1.54) is 0 Å². The molecular weight excluding hydrogens is 268 g/mol. The first kappa shape index (κ1) is 19.9. The van der Waals surface area contributed by atoms with E-state index in [0.29, 0.717) is 26.1 Å². The average Bonchev–Trinajstić information content (AvgIpc) is 2.47. The van der Waals surface area contributed by atoms with Gasteiger partial charge in [-0.3, -0.25) is 9.59 Å². The molecular formula is C17H32O4. The normalized spacial score (nSPS) is 12.0. The van der Waals surface area contributed by atoms with Crippen molar-refractivity contribution in [2.45, 2.75) is 78.6 Å². The summed E-state index contributed by atoms with van der Waals surface area (Å²) >= 11 is 0. The van der Waals surface area contributed by atoms with Crippen LogP contribution in [0.2, 0.25) is 0 Å². The first-order chi connectivity index (χ1) is 10.1. The predicted octanol–water partition coefficient (Wildman–Crippen LogP) is 4.26. The van der Waals surface area contributed by atoms with Crippen LogP contribution in [0.3, 0.4) is 0 Å². The predicted molar refractivity (Wildman–Crippen MR) is 84.0 cm³/mol. The number of esters is 2. The Morgan fingerprint density at radius 3 is 1.67 bits per heavy atom. The summed E-state index contributed by atoms with van der Waals surface area (Å²) in [6.45, 7) is 6.82. The van der Waals surface area contributed by atoms with Crippen LogP contribution >= 0.6 is 0 Å². The standard InChI is InChI=1S/C17H32O4/c1-4-6-8-10-12-17(19)21-14-15(3)13-20-16(18)11-9-7-5-2/h15H,4-14H2,1-3H3. The van der Waals surface area contributed by atoms with Crippen molar-refractivity contribution in [3.05, 3.63) is 0 Å². The number of unbranched alkanes of at least 4 members (excludes halogenated alkanes) is 5. The molecule has 0 aliphatic carbocycles. The zero-order valence-corrected chi connectivity index (χ0v) is 14.0. The van der Waals surface area contributed by atoms with Crippen molar-refractivity contribution >= 4 is 11.9 Å². The maximum Gasteiger partial charge on any atom is 0.305 e. The van der Waals surface area contributed by atoms with Gasteiger partial charge < -0.3 is 9.47 Å². The minimum Gasteiger partial charge on any atom is -0.465 e. The van der Waals surface area contributed by atoms with Gasteiger partial charge in [0.25, 0.3) is 0 Å². The number of hydrogen-bond acceptors (Lipinski definition) is 4. The minimum atomic E-state index is -0.152. The lowest BCUT2D eigenvalue weighted by atomic mass is 10.1. The fourth-order valence-electron chi connectivity index (χ4n) is 1.88.